The molecule has 1 aliphatic rings. The minimum atomic E-state index is 0.471. The van der Waals surface area contributed by atoms with Gasteiger partial charge in [-0.1, -0.05) is 38.4 Å². The first-order chi connectivity index (χ1) is 8.99. The molecular weight excluding hydrogens is 256 g/mol. The average molecular weight is 281 g/mol. The van der Waals surface area contributed by atoms with E-state index in [2.05, 4.69) is 50.0 Å². The van der Waals surface area contributed by atoms with Gasteiger partial charge in [-0.2, -0.15) is 0 Å². The van der Waals surface area contributed by atoms with Crippen molar-refractivity contribution in [2.24, 2.45) is 5.92 Å². The van der Waals surface area contributed by atoms with Crippen LogP contribution in [0.25, 0.3) is 0 Å². The van der Waals surface area contributed by atoms with Crippen molar-refractivity contribution >= 4 is 17.3 Å². The maximum atomic E-state index is 6.41. The average Bonchev–Trinajstić information content (AvgIpc) is 2.66. The van der Waals surface area contributed by atoms with Crippen LogP contribution in [0.2, 0.25) is 5.02 Å². The first-order valence-corrected chi connectivity index (χ1v) is 7.64. The number of nitrogens with zero attached hydrogens (tertiary/aromatic N) is 1. The summed E-state index contributed by atoms with van der Waals surface area (Å²) in [5.74, 6) is 0.764. The van der Waals surface area contributed by atoms with Gasteiger partial charge < -0.3 is 10.2 Å². The SMILES string of the molecule is CC1CC(C)N(c2cccc(Cl)c2CNC(C)C)C1. The van der Waals surface area contributed by atoms with E-state index in [1.165, 1.54) is 17.7 Å². The summed E-state index contributed by atoms with van der Waals surface area (Å²) in [6, 6.07) is 7.33. The lowest BCUT2D eigenvalue weighted by Gasteiger charge is -2.27. The third kappa shape index (κ3) is 3.43. The lowest BCUT2D eigenvalue weighted by Crippen LogP contribution is -2.29. The molecule has 106 valence electrons. The van der Waals surface area contributed by atoms with Crippen LogP contribution in [0.3, 0.4) is 0 Å². The Morgan fingerprint density at radius 1 is 1.37 bits per heavy atom. The first-order valence-electron chi connectivity index (χ1n) is 7.26. The molecule has 0 aliphatic carbocycles. The lowest BCUT2D eigenvalue weighted by atomic mass is 10.1. The van der Waals surface area contributed by atoms with Crippen molar-refractivity contribution < 1.29 is 0 Å². The molecular formula is C16H25ClN2. The Morgan fingerprint density at radius 3 is 2.68 bits per heavy atom. The Balaban J connectivity index is 2.26. The Bertz CT molecular complexity index is 431. The molecule has 0 radical (unpaired) electrons. The van der Waals surface area contributed by atoms with Crippen LogP contribution < -0.4 is 10.2 Å². The van der Waals surface area contributed by atoms with Crippen LogP contribution in [0, 0.1) is 5.92 Å². The fraction of sp³-hybridized carbons (Fsp3) is 0.625. The van der Waals surface area contributed by atoms with Crippen LogP contribution in [-0.4, -0.2) is 18.6 Å². The van der Waals surface area contributed by atoms with Crippen molar-refractivity contribution in [3.63, 3.8) is 0 Å². The largest absolute Gasteiger partial charge is 0.368 e. The minimum absolute atomic E-state index is 0.471. The third-order valence-electron chi connectivity index (χ3n) is 3.87. The highest BCUT2D eigenvalue weighted by Crippen LogP contribution is 2.34. The number of benzene rings is 1. The molecule has 1 heterocycles. The molecule has 1 N–H and O–H groups in total. The molecule has 2 rings (SSSR count). The number of nitrogens with one attached hydrogen (secondary N) is 1. The lowest BCUT2D eigenvalue weighted by molar-refractivity contribution is 0.587. The molecule has 0 amide bonds. The minimum Gasteiger partial charge on any atom is -0.368 e. The summed E-state index contributed by atoms with van der Waals surface area (Å²) in [4.78, 5) is 2.51. The molecule has 3 heteroatoms. The highest BCUT2D eigenvalue weighted by Gasteiger charge is 2.28. The molecule has 0 bridgehead atoms. The molecule has 1 saturated heterocycles. The van der Waals surface area contributed by atoms with E-state index in [9.17, 15) is 0 Å². The van der Waals surface area contributed by atoms with Crippen LogP contribution >= 0.6 is 11.6 Å². The molecule has 1 fully saturated rings. The molecule has 2 unspecified atom stereocenters. The zero-order valence-electron chi connectivity index (χ0n) is 12.4. The van der Waals surface area contributed by atoms with Crippen molar-refractivity contribution in [2.45, 2.75) is 52.7 Å². The fourth-order valence-electron chi connectivity index (χ4n) is 2.93. The monoisotopic (exact) mass is 280 g/mol. The maximum absolute atomic E-state index is 6.41. The number of halogens is 1. The highest BCUT2D eigenvalue weighted by molar-refractivity contribution is 6.31. The quantitative estimate of drug-likeness (QED) is 0.894. The van der Waals surface area contributed by atoms with Gasteiger partial charge in [0.05, 0.1) is 0 Å². The van der Waals surface area contributed by atoms with Crippen LogP contribution in [0.5, 0.6) is 0 Å². The Hall–Kier alpha value is -0.730. The van der Waals surface area contributed by atoms with Crippen LogP contribution in [0.1, 0.15) is 39.7 Å². The molecule has 0 spiro atoms. The van der Waals surface area contributed by atoms with Gasteiger partial charge in [0.25, 0.3) is 0 Å². The van der Waals surface area contributed by atoms with E-state index in [0.717, 1.165) is 24.0 Å². The van der Waals surface area contributed by atoms with Crippen molar-refractivity contribution in [2.75, 3.05) is 11.4 Å². The molecule has 0 aromatic heterocycles. The molecule has 2 nitrogen and oxygen atoms in total. The second-order valence-electron chi connectivity index (χ2n) is 6.12. The molecule has 0 saturated carbocycles. The smallest absolute Gasteiger partial charge is 0.0471 e. The van der Waals surface area contributed by atoms with Gasteiger partial charge in [0.15, 0.2) is 0 Å². The molecule has 2 atom stereocenters. The van der Waals surface area contributed by atoms with Gasteiger partial charge in [0, 0.05) is 41.4 Å². The summed E-state index contributed by atoms with van der Waals surface area (Å²) < 4.78 is 0. The Kier molecular flexibility index (Phi) is 4.75. The normalized spacial score (nSPS) is 23.4. The van der Waals surface area contributed by atoms with Crippen molar-refractivity contribution in [1.29, 1.82) is 0 Å². The zero-order valence-corrected chi connectivity index (χ0v) is 13.2. The molecule has 1 aliphatic heterocycles. The predicted molar refractivity (Wildman–Crippen MR) is 84.0 cm³/mol. The summed E-state index contributed by atoms with van der Waals surface area (Å²) in [7, 11) is 0. The van der Waals surface area contributed by atoms with Gasteiger partial charge in [0.2, 0.25) is 0 Å². The van der Waals surface area contributed by atoms with E-state index >= 15 is 0 Å². The summed E-state index contributed by atoms with van der Waals surface area (Å²) in [6.45, 7) is 10.9. The Labute approximate surface area is 122 Å². The highest BCUT2D eigenvalue weighted by atomic mass is 35.5. The predicted octanol–water partition coefficient (Wildman–Crippen LogP) is 4.07. The Morgan fingerprint density at radius 2 is 2.11 bits per heavy atom. The molecule has 1 aromatic carbocycles. The van der Waals surface area contributed by atoms with E-state index < -0.39 is 0 Å². The van der Waals surface area contributed by atoms with Gasteiger partial charge >= 0.3 is 0 Å². The van der Waals surface area contributed by atoms with E-state index in [4.69, 9.17) is 11.6 Å². The van der Waals surface area contributed by atoms with Crippen molar-refractivity contribution in [3.05, 3.63) is 28.8 Å². The third-order valence-corrected chi connectivity index (χ3v) is 4.23. The van der Waals surface area contributed by atoms with E-state index in [0.29, 0.717) is 12.1 Å². The second kappa shape index (κ2) is 6.15. The van der Waals surface area contributed by atoms with Crippen molar-refractivity contribution in [3.8, 4) is 0 Å². The van der Waals surface area contributed by atoms with Crippen LogP contribution in [0.4, 0.5) is 5.69 Å². The van der Waals surface area contributed by atoms with Crippen LogP contribution in [-0.2, 0) is 6.54 Å². The number of hydrogen-bond donors (Lipinski definition) is 1. The first kappa shape index (κ1) is 14.7. The van der Waals surface area contributed by atoms with Gasteiger partial charge in [-0.25, -0.2) is 0 Å². The van der Waals surface area contributed by atoms with Gasteiger partial charge in [-0.3, -0.25) is 0 Å². The number of anilines is 1. The van der Waals surface area contributed by atoms with E-state index in [1.807, 2.05) is 6.07 Å². The fourth-order valence-corrected chi connectivity index (χ4v) is 3.17. The standard InChI is InChI=1S/C16H25ClN2/c1-11(2)18-9-14-15(17)6-5-7-16(14)19-10-12(3)8-13(19)4/h5-7,11-13,18H,8-10H2,1-4H3. The number of hydrogen-bond acceptors (Lipinski definition) is 2. The summed E-state index contributed by atoms with van der Waals surface area (Å²) in [5, 5.41) is 4.35. The summed E-state index contributed by atoms with van der Waals surface area (Å²) in [5.41, 5.74) is 2.54. The van der Waals surface area contributed by atoms with E-state index in [1.54, 1.807) is 0 Å². The van der Waals surface area contributed by atoms with Crippen LogP contribution in [0.15, 0.2) is 18.2 Å². The maximum Gasteiger partial charge on any atom is 0.0471 e. The summed E-state index contributed by atoms with van der Waals surface area (Å²) >= 11 is 6.41. The van der Waals surface area contributed by atoms with Gasteiger partial charge in [0.1, 0.15) is 0 Å². The molecule has 1 aromatic rings. The van der Waals surface area contributed by atoms with Crippen molar-refractivity contribution in [1.82, 2.24) is 5.32 Å². The second-order valence-corrected chi connectivity index (χ2v) is 6.52. The molecule has 19 heavy (non-hydrogen) atoms. The summed E-state index contributed by atoms with van der Waals surface area (Å²) in [6.07, 6.45) is 1.27. The zero-order chi connectivity index (χ0) is 14.0. The van der Waals surface area contributed by atoms with Gasteiger partial charge in [-0.15, -0.1) is 0 Å². The van der Waals surface area contributed by atoms with Gasteiger partial charge in [-0.05, 0) is 31.4 Å². The number of rotatable bonds is 4. The van der Waals surface area contributed by atoms with E-state index in [-0.39, 0.29) is 0 Å². The topological polar surface area (TPSA) is 15.3 Å².